The number of aryl methyl sites for hydroxylation is 1. The van der Waals surface area contributed by atoms with Crippen LogP contribution in [0.1, 0.15) is 81.9 Å². The van der Waals surface area contributed by atoms with E-state index in [9.17, 15) is 5.11 Å². The maximum atomic E-state index is 9.68. The van der Waals surface area contributed by atoms with Crippen LogP contribution < -0.4 is 0 Å². The van der Waals surface area contributed by atoms with Crippen LogP contribution in [0.4, 0.5) is 0 Å². The Balaban J connectivity index is 1.67. The molecule has 1 aromatic carbocycles. The topological polar surface area (TPSA) is 36.0 Å². The van der Waals surface area contributed by atoms with Gasteiger partial charge in [-0.15, -0.1) is 0 Å². The van der Waals surface area contributed by atoms with Crippen molar-refractivity contribution in [3.8, 4) is 5.75 Å². The molecule has 2 heteroatoms. The van der Waals surface area contributed by atoms with Gasteiger partial charge in [-0.2, -0.15) is 0 Å². The zero-order valence-electron chi connectivity index (χ0n) is 13.8. The van der Waals surface area contributed by atoms with Crippen LogP contribution in [0, 0.1) is 0 Å². The van der Waals surface area contributed by atoms with E-state index in [-0.39, 0.29) is 0 Å². The molecular weight excluding hydrogens is 270 g/mol. The number of nitrogens with one attached hydrogen (secondary N) is 1. The number of hydrogen-bond acceptors (Lipinski definition) is 1. The van der Waals surface area contributed by atoms with E-state index in [4.69, 9.17) is 0 Å². The first-order chi connectivity index (χ1) is 10.8. The molecule has 3 rings (SSSR count). The fourth-order valence-electron chi connectivity index (χ4n) is 4.06. The van der Waals surface area contributed by atoms with Gasteiger partial charge in [0.25, 0.3) is 0 Å². The Bertz CT molecular complexity index is 613. The summed E-state index contributed by atoms with van der Waals surface area (Å²) < 4.78 is 0. The first-order valence-corrected chi connectivity index (χ1v) is 9.13. The molecule has 2 N–H and O–H groups in total. The Hall–Kier alpha value is -1.44. The van der Waals surface area contributed by atoms with E-state index < -0.39 is 0 Å². The zero-order chi connectivity index (χ0) is 15.4. The van der Waals surface area contributed by atoms with Crippen LogP contribution in [0.5, 0.6) is 5.75 Å². The minimum Gasteiger partial charge on any atom is -0.508 e. The number of H-pyrrole nitrogens is 1. The average Bonchev–Trinajstić information content (AvgIpc) is 2.88. The molecule has 1 atom stereocenters. The Labute approximate surface area is 133 Å². The normalized spacial score (nSPS) is 17.8. The van der Waals surface area contributed by atoms with Crippen molar-refractivity contribution in [2.24, 2.45) is 0 Å². The summed E-state index contributed by atoms with van der Waals surface area (Å²) in [7, 11) is 0. The van der Waals surface area contributed by atoms with Gasteiger partial charge in [0.2, 0.25) is 0 Å². The van der Waals surface area contributed by atoms with Gasteiger partial charge in [-0.3, -0.25) is 0 Å². The van der Waals surface area contributed by atoms with Gasteiger partial charge >= 0.3 is 0 Å². The number of unbranched alkanes of at least 4 members (excludes halogenated alkanes) is 5. The smallest absolute Gasteiger partial charge is 0.117 e. The summed E-state index contributed by atoms with van der Waals surface area (Å²) in [6.45, 7) is 2.28. The third kappa shape index (κ3) is 3.31. The van der Waals surface area contributed by atoms with E-state index in [1.165, 1.54) is 68.9 Å². The highest BCUT2D eigenvalue weighted by atomic mass is 16.3. The first-order valence-electron chi connectivity index (χ1n) is 9.13. The molecule has 2 nitrogen and oxygen atoms in total. The molecule has 1 unspecified atom stereocenters. The molecule has 22 heavy (non-hydrogen) atoms. The van der Waals surface area contributed by atoms with E-state index in [0.29, 0.717) is 11.7 Å². The van der Waals surface area contributed by atoms with Crippen LogP contribution in [-0.2, 0) is 6.42 Å². The van der Waals surface area contributed by atoms with Crippen molar-refractivity contribution in [2.45, 2.75) is 77.0 Å². The van der Waals surface area contributed by atoms with Crippen LogP contribution in [0.15, 0.2) is 18.2 Å². The lowest BCUT2D eigenvalue weighted by molar-refractivity contribution is 0.476. The number of phenolic OH excluding ortho intramolecular Hbond substituents is 1. The molecule has 0 fully saturated rings. The van der Waals surface area contributed by atoms with Crippen LogP contribution in [0.3, 0.4) is 0 Å². The molecule has 0 radical (unpaired) electrons. The quantitative estimate of drug-likeness (QED) is 0.600. The molecule has 0 aliphatic heterocycles. The van der Waals surface area contributed by atoms with Crippen LogP contribution >= 0.6 is 0 Å². The highest BCUT2D eigenvalue weighted by Crippen LogP contribution is 2.40. The number of hydrogen-bond donors (Lipinski definition) is 2. The van der Waals surface area contributed by atoms with Gasteiger partial charge in [-0.1, -0.05) is 45.4 Å². The Kier molecular flexibility index (Phi) is 5.07. The van der Waals surface area contributed by atoms with Crippen molar-refractivity contribution in [3.63, 3.8) is 0 Å². The lowest BCUT2D eigenvalue weighted by Gasteiger charge is -2.23. The van der Waals surface area contributed by atoms with Crippen molar-refractivity contribution in [1.29, 1.82) is 0 Å². The molecule has 1 heterocycles. The van der Waals surface area contributed by atoms with Gasteiger partial charge in [0, 0.05) is 22.7 Å². The van der Waals surface area contributed by atoms with E-state index >= 15 is 0 Å². The number of aromatic hydroxyl groups is 1. The number of benzene rings is 1. The average molecular weight is 299 g/mol. The second-order valence-corrected chi connectivity index (χ2v) is 6.89. The monoisotopic (exact) mass is 299 g/mol. The number of aromatic amines is 1. The zero-order valence-corrected chi connectivity index (χ0v) is 13.8. The van der Waals surface area contributed by atoms with E-state index in [1.807, 2.05) is 12.1 Å². The maximum Gasteiger partial charge on any atom is 0.117 e. The minimum absolute atomic E-state index is 0.360. The standard InChI is InChI=1S/C20H29NO/c1-2-3-4-5-6-7-9-15-10-8-11-18-20(15)17-13-12-16(22)14-19(17)21-18/h12-15,21-22H,2-11H2,1H3. The third-order valence-corrected chi connectivity index (χ3v) is 5.20. The van der Waals surface area contributed by atoms with Gasteiger partial charge in [0.05, 0.1) is 0 Å². The van der Waals surface area contributed by atoms with Crippen LogP contribution in [0.25, 0.3) is 10.9 Å². The lowest BCUT2D eigenvalue weighted by atomic mass is 9.82. The summed E-state index contributed by atoms with van der Waals surface area (Å²) in [5.41, 5.74) is 4.08. The molecule has 0 bridgehead atoms. The van der Waals surface area contributed by atoms with Gasteiger partial charge in [0.1, 0.15) is 5.75 Å². The minimum atomic E-state index is 0.360. The molecule has 0 saturated carbocycles. The van der Waals surface area contributed by atoms with Gasteiger partial charge in [0.15, 0.2) is 0 Å². The summed E-state index contributed by atoms with van der Waals surface area (Å²) in [4.78, 5) is 3.55. The van der Waals surface area contributed by atoms with Crippen molar-refractivity contribution in [2.75, 3.05) is 0 Å². The fourth-order valence-corrected chi connectivity index (χ4v) is 4.06. The highest BCUT2D eigenvalue weighted by Gasteiger charge is 2.24. The second-order valence-electron chi connectivity index (χ2n) is 6.89. The highest BCUT2D eigenvalue weighted by molar-refractivity contribution is 5.86. The Morgan fingerprint density at radius 3 is 2.82 bits per heavy atom. The van der Waals surface area contributed by atoms with Crippen LogP contribution in [0.2, 0.25) is 0 Å². The maximum absolute atomic E-state index is 9.68. The molecular formula is C20H29NO. The first kappa shape index (κ1) is 15.5. The van der Waals surface area contributed by atoms with Gasteiger partial charge in [-0.25, -0.2) is 0 Å². The lowest BCUT2D eigenvalue weighted by Crippen LogP contribution is -2.08. The van der Waals surface area contributed by atoms with E-state index in [1.54, 1.807) is 5.56 Å². The molecule has 0 saturated heterocycles. The summed E-state index contributed by atoms with van der Waals surface area (Å²) in [5, 5.41) is 11.0. The molecule has 1 aliphatic rings. The van der Waals surface area contributed by atoms with Gasteiger partial charge in [-0.05, 0) is 49.3 Å². The molecule has 1 aliphatic carbocycles. The fraction of sp³-hybridized carbons (Fsp3) is 0.600. The third-order valence-electron chi connectivity index (χ3n) is 5.20. The summed E-state index contributed by atoms with van der Waals surface area (Å²) in [5.74, 6) is 1.08. The summed E-state index contributed by atoms with van der Waals surface area (Å²) in [6.07, 6.45) is 13.4. The van der Waals surface area contributed by atoms with E-state index in [2.05, 4.69) is 18.0 Å². The summed E-state index contributed by atoms with van der Waals surface area (Å²) >= 11 is 0. The van der Waals surface area contributed by atoms with Crippen molar-refractivity contribution >= 4 is 10.9 Å². The number of aromatic nitrogens is 1. The Morgan fingerprint density at radius 1 is 1.14 bits per heavy atom. The Morgan fingerprint density at radius 2 is 1.95 bits per heavy atom. The summed E-state index contributed by atoms with van der Waals surface area (Å²) in [6, 6.07) is 5.79. The number of rotatable bonds is 7. The number of fused-ring (bicyclic) bond motifs is 3. The van der Waals surface area contributed by atoms with Crippen molar-refractivity contribution < 1.29 is 5.11 Å². The molecule has 2 aromatic rings. The second kappa shape index (κ2) is 7.21. The molecule has 120 valence electrons. The largest absolute Gasteiger partial charge is 0.508 e. The predicted molar refractivity (Wildman–Crippen MR) is 93.6 cm³/mol. The van der Waals surface area contributed by atoms with Crippen LogP contribution in [-0.4, -0.2) is 10.1 Å². The van der Waals surface area contributed by atoms with Gasteiger partial charge < -0.3 is 10.1 Å². The molecule has 0 spiro atoms. The van der Waals surface area contributed by atoms with Crippen molar-refractivity contribution in [3.05, 3.63) is 29.5 Å². The molecule has 0 amide bonds. The molecule has 1 aromatic heterocycles. The van der Waals surface area contributed by atoms with Crippen molar-refractivity contribution in [1.82, 2.24) is 4.98 Å². The van der Waals surface area contributed by atoms with E-state index in [0.717, 1.165) is 11.9 Å². The predicted octanol–water partition coefficient (Wildman–Crippen LogP) is 6.04. The SMILES string of the molecule is CCCCCCCCC1CCCc2[nH]c3cc(O)ccc3c21. The number of phenols is 1.